The molecule has 7 heteroatoms. The lowest BCUT2D eigenvalue weighted by Crippen LogP contribution is -2.31. The number of furan rings is 1. The number of thiophene rings is 1. The molecule has 0 aromatic carbocycles. The van der Waals surface area contributed by atoms with E-state index in [-0.39, 0.29) is 17.6 Å². The number of hydrogen-bond donors (Lipinski definition) is 1. The molecule has 2 heterocycles. The van der Waals surface area contributed by atoms with Crippen LogP contribution in [0.1, 0.15) is 28.3 Å². The molecule has 0 radical (unpaired) electrons. The van der Waals surface area contributed by atoms with Gasteiger partial charge in [0.15, 0.2) is 5.76 Å². The first-order valence-corrected chi connectivity index (χ1v) is 8.74. The molecule has 0 saturated carbocycles. The van der Waals surface area contributed by atoms with Gasteiger partial charge in [-0.15, -0.1) is 17.9 Å². The second kappa shape index (κ2) is 9.30. The van der Waals surface area contributed by atoms with Crippen LogP contribution in [0, 0.1) is 0 Å². The van der Waals surface area contributed by atoms with Gasteiger partial charge in [-0.25, -0.2) is 0 Å². The van der Waals surface area contributed by atoms with Gasteiger partial charge in [-0.1, -0.05) is 17.7 Å². The fourth-order valence-electron chi connectivity index (χ4n) is 2.13. The van der Waals surface area contributed by atoms with E-state index < -0.39 is 0 Å². The first-order chi connectivity index (χ1) is 11.6. The fourth-order valence-corrected chi connectivity index (χ4v) is 3.23. The zero-order valence-electron chi connectivity index (χ0n) is 13.2. The van der Waals surface area contributed by atoms with Crippen LogP contribution in [0.2, 0.25) is 4.34 Å². The number of nitrogens with zero attached hydrogens (tertiary/aromatic N) is 1. The third-order valence-electron chi connectivity index (χ3n) is 3.28. The number of nitrogens with one attached hydrogen (secondary N) is 1. The van der Waals surface area contributed by atoms with Crippen molar-refractivity contribution in [3.8, 4) is 0 Å². The van der Waals surface area contributed by atoms with Gasteiger partial charge < -0.3 is 14.6 Å². The molecule has 2 aromatic heterocycles. The summed E-state index contributed by atoms with van der Waals surface area (Å²) in [6.07, 6.45) is 4.06. The average Bonchev–Trinajstić information content (AvgIpc) is 3.22. The molecular weight excluding hydrogens is 348 g/mol. The Hall–Kier alpha value is -2.05. The van der Waals surface area contributed by atoms with E-state index in [1.54, 1.807) is 23.1 Å². The highest BCUT2D eigenvalue weighted by atomic mass is 35.5. The van der Waals surface area contributed by atoms with E-state index in [1.165, 1.54) is 17.6 Å². The summed E-state index contributed by atoms with van der Waals surface area (Å²) in [5.74, 6) is 0.0134. The number of carbonyl (C=O) groups is 2. The summed E-state index contributed by atoms with van der Waals surface area (Å²) in [7, 11) is 0. The number of hydrogen-bond acceptors (Lipinski definition) is 4. The van der Waals surface area contributed by atoms with Gasteiger partial charge in [0.1, 0.15) is 0 Å². The van der Waals surface area contributed by atoms with Crippen molar-refractivity contribution >= 4 is 34.8 Å². The minimum absolute atomic E-state index is 0.0201. The molecule has 0 unspecified atom stereocenters. The quantitative estimate of drug-likeness (QED) is 0.543. The maximum Gasteiger partial charge on any atom is 0.286 e. The third kappa shape index (κ3) is 5.54. The largest absolute Gasteiger partial charge is 0.459 e. The van der Waals surface area contributed by atoms with Crippen LogP contribution in [0.25, 0.3) is 0 Å². The van der Waals surface area contributed by atoms with Crippen molar-refractivity contribution in [1.29, 1.82) is 0 Å². The molecule has 0 spiro atoms. The standard InChI is InChI=1S/C17H19ClN2O3S/c1-2-10-20(12-13-7-8-15(18)24-13)16(21)6-3-9-19-17(22)14-5-4-11-23-14/h2,4-5,7-8,11H,1,3,6,9-10,12H2,(H,19,22). The Morgan fingerprint density at radius 1 is 1.38 bits per heavy atom. The molecule has 1 N–H and O–H groups in total. The predicted octanol–water partition coefficient (Wildman–Crippen LogP) is 3.72. The SMILES string of the molecule is C=CCN(Cc1ccc(Cl)s1)C(=O)CCCNC(=O)c1ccco1. The highest BCUT2D eigenvalue weighted by molar-refractivity contribution is 7.16. The highest BCUT2D eigenvalue weighted by Crippen LogP contribution is 2.23. The lowest BCUT2D eigenvalue weighted by Gasteiger charge is -2.20. The van der Waals surface area contributed by atoms with Crippen molar-refractivity contribution in [2.75, 3.05) is 13.1 Å². The topological polar surface area (TPSA) is 62.6 Å². The van der Waals surface area contributed by atoms with Crippen molar-refractivity contribution in [3.63, 3.8) is 0 Å². The summed E-state index contributed by atoms with van der Waals surface area (Å²) in [6.45, 7) is 5.10. The van der Waals surface area contributed by atoms with E-state index in [0.29, 0.717) is 36.8 Å². The van der Waals surface area contributed by atoms with Gasteiger partial charge in [-0.3, -0.25) is 9.59 Å². The highest BCUT2D eigenvalue weighted by Gasteiger charge is 2.14. The molecule has 0 aliphatic rings. The van der Waals surface area contributed by atoms with E-state index in [0.717, 1.165) is 4.88 Å². The van der Waals surface area contributed by atoms with Crippen LogP contribution < -0.4 is 5.32 Å². The summed E-state index contributed by atoms with van der Waals surface area (Å²) in [4.78, 5) is 26.8. The Morgan fingerprint density at radius 3 is 2.83 bits per heavy atom. The molecule has 24 heavy (non-hydrogen) atoms. The van der Waals surface area contributed by atoms with E-state index in [9.17, 15) is 9.59 Å². The number of rotatable bonds is 9. The van der Waals surface area contributed by atoms with Gasteiger partial charge in [0, 0.05) is 24.4 Å². The maximum absolute atomic E-state index is 12.3. The Kier molecular flexibility index (Phi) is 7.08. The second-order valence-electron chi connectivity index (χ2n) is 5.11. The molecule has 0 saturated heterocycles. The Labute approximate surface area is 149 Å². The van der Waals surface area contributed by atoms with Gasteiger partial charge >= 0.3 is 0 Å². The van der Waals surface area contributed by atoms with Crippen LogP contribution in [-0.2, 0) is 11.3 Å². The third-order valence-corrected chi connectivity index (χ3v) is 4.49. The van der Waals surface area contributed by atoms with Crippen molar-refractivity contribution in [3.05, 3.63) is 58.2 Å². The molecule has 0 aliphatic carbocycles. The lowest BCUT2D eigenvalue weighted by atomic mass is 10.2. The molecule has 2 amide bonds. The van der Waals surface area contributed by atoms with Gasteiger partial charge in [0.2, 0.25) is 5.91 Å². The van der Waals surface area contributed by atoms with Crippen LogP contribution in [-0.4, -0.2) is 29.8 Å². The summed E-state index contributed by atoms with van der Waals surface area (Å²) >= 11 is 7.38. The summed E-state index contributed by atoms with van der Waals surface area (Å²) < 4.78 is 5.71. The molecule has 0 atom stereocenters. The Bertz CT molecular complexity index is 682. The van der Waals surface area contributed by atoms with Crippen molar-refractivity contribution in [1.82, 2.24) is 10.2 Å². The maximum atomic E-state index is 12.3. The van der Waals surface area contributed by atoms with Gasteiger partial charge in [0.05, 0.1) is 17.1 Å². The minimum atomic E-state index is -0.274. The lowest BCUT2D eigenvalue weighted by molar-refractivity contribution is -0.131. The molecule has 2 aromatic rings. The monoisotopic (exact) mass is 366 g/mol. The van der Waals surface area contributed by atoms with Gasteiger partial charge in [-0.05, 0) is 30.7 Å². The Balaban J connectivity index is 1.76. The summed E-state index contributed by atoms with van der Waals surface area (Å²) in [6, 6.07) is 6.99. The van der Waals surface area contributed by atoms with Crippen LogP contribution in [0.15, 0.2) is 47.6 Å². The normalized spacial score (nSPS) is 10.4. The Morgan fingerprint density at radius 2 is 2.21 bits per heavy atom. The fraction of sp³-hybridized carbons (Fsp3) is 0.294. The van der Waals surface area contributed by atoms with Crippen molar-refractivity contribution < 1.29 is 14.0 Å². The zero-order valence-corrected chi connectivity index (χ0v) is 14.7. The number of amides is 2. The first kappa shape index (κ1) is 18.3. The zero-order chi connectivity index (χ0) is 17.4. The molecule has 0 bridgehead atoms. The molecular formula is C17H19ClN2O3S. The molecule has 5 nitrogen and oxygen atoms in total. The molecule has 0 fully saturated rings. The molecule has 128 valence electrons. The van der Waals surface area contributed by atoms with Crippen LogP contribution in [0.3, 0.4) is 0 Å². The number of carbonyl (C=O) groups excluding carboxylic acids is 2. The van der Waals surface area contributed by atoms with Crippen molar-refractivity contribution in [2.45, 2.75) is 19.4 Å². The van der Waals surface area contributed by atoms with Crippen LogP contribution in [0.4, 0.5) is 0 Å². The van der Waals surface area contributed by atoms with E-state index in [4.69, 9.17) is 16.0 Å². The van der Waals surface area contributed by atoms with Crippen LogP contribution in [0.5, 0.6) is 0 Å². The minimum Gasteiger partial charge on any atom is -0.459 e. The second-order valence-corrected chi connectivity index (χ2v) is 6.91. The van der Waals surface area contributed by atoms with Crippen molar-refractivity contribution in [2.24, 2.45) is 0 Å². The number of halogens is 1. The molecule has 2 rings (SSSR count). The van der Waals surface area contributed by atoms with E-state index >= 15 is 0 Å². The molecule has 0 aliphatic heterocycles. The van der Waals surface area contributed by atoms with E-state index in [2.05, 4.69) is 11.9 Å². The summed E-state index contributed by atoms with van der Waals surface area (Å²) in [5.41, 5.74) is 0. The van der Waals surface area contributed by atoms with Gasteiger partial charge in [-0.2, -0.15) is 0 Å². The first-order valence-electron chi connectivity index (χ1n) is 7.54. The summed E-state index contributed by atoms with van der Waals surface area (Å²) in [5, 5.41) is 2.73. The van der Waals surface area contributed by atoms with E-state index in [1.807, 2.05) is 12.1 Å². The average molecular weight is 367 g/mol. The predicted molar refractivity (Wildman–Crippen MR) is 95.2 cm³/mol. The smallest absolute Gasteiger partial charge is 0.286 e. The van der Waals surface area contributed by atoms with Crippen LogP contribution >= 0.6 is 22.9 Å². The van der Waals surface area contributed by atoms with Gasteiger partial charge in [0.25, 0.3) is 5.91 Å².